The number of carbonyl (C=O) groups excluding carboxylic acids is 3. The highest BCUT2D eigenvalue weighted by Crippen LogP contribution is 2.33. The van der Waals surface area contributed by atoms with E-state index in [4.69, 9.17) is 18.9 Å². The van der Waals surface area contributed by atoms with Crippen LogP contribution in [0.25, 0.3) is 11.2 Å². The van der Waals surface area contributed by atoms with E-state index in [1.165, 1.54) is 20.2 Å². The number of esters is 2. The van der Waals surface area contributed by atoms with Gasteiger partial charge in [-0.25, -0.2) is 19.7 Å². The second-order valence-electron chi connectivity index (χ2n) is 7.63. The quantitative estimate of drug-likeness (QED) is 0.458. The summed E-state index contributed by atoms with van der Waals surface area (Å²) in [5.74, 6) is -0.458. The van der Waals surface area contributed by atoms with Crippen LogP contribution in [0.15, 0.2) is 12.7 Å². The molecule has 1 fully saturated rings. The molecule has 0 aromatic carbocycles. The molecule has 3 heterocycles. The van der Waals surface area contributed by atoms with Gasteiger partial charge in [0.15, 0.2) is 23.1 Å². The molecule has 1 N–H and O–H groups in total. The van der Waals surface area contributed by atoms with E-state index < -0.39 is 42.5 Å². The Morgan fingerprint density at radius 3 is 2.58 bits per heavy atom. The first kappa shape index (κ1) is 24.2. The molecule has 0 aliphatic carbocycles. The number of rotatable bonds is 7. The molecule has 0 radical (unpaired) electrons. The standard InChI is InChI=1S/C20H28N6O7/c1-6-30-20(29)24-13-7-15(33-14(8-31-11(2)27)17(13)32-12(3)28)26-10-23-16-18(25(4)5)21-9-22-19(16)26/h9-10,13-15,17H,6-8H2,1-5H3,(H,24,29)/t13-,14-,15-,17+/m1/s1. The Hall–Kier alpha value is -3.48. The monoisotopic (exact) mass is 464 g/mol. The number of hydrogen-bond donors (Lipinski definition) is 1. The topological polar surface area (TPSA) is 147 Å². The smallest absolute Gasteiger partial charge is 0.407 e. The molecular formula is C20H28N6O7. The molecule has 13 heteroatoms. The number of amides is 1. The van der Waals surface area contributed by atoms with Crippen molar-refractivity contribution in [3.05, 3.63) is 12.7 Å². The molecule has 2 aromatic heterocycles. The molecule has 0 saturated carbocycles. The predicted molar refractivity (Wildman–Crippen MR) is 114 cm³/mol. The second-order valence-corrected chi connectivity index (χ2v) is 7.63. The number of imidazole rings is 1. The van der Waals surface area contributed by atoms with Gasteiger partial charge in [-0.05, 0) is 6.92 Å². The summed E-state index contributed by atoms with van der Waals surface area (Å²) in [5.41, 5.74) is 1.09. The largest absolute Gasteiger partial charge is 0.463 e. The van der Waals surface area contributed by atoms with Gasteiger partial charge in [0.05, 0.1) is 19.0 Å². The van der Waals surface area contributed by atoms with Crippen LogP contribution in [0.5, 0.6) is 0 Å². The third kappa shape index (κ3) is 5.66. The Bertz CT molecular complexity index is 1010. The van der Waals surface area contributed by atoms with Gasteiger partial charge in [0.1, 0.15) is 25.3 Å². The zero-order valence-electron chi connectivity index (χ0n) is 19.2. The summed E-state index contributed by atoms with van der Waals surface area (Å²) in [4.78, 5) is 50.2. The maximum absolute atomic E-state index is 12.2. The number of aromatic nitrogens is 4. The van der Waals surface area contributed by atoms with E-state index >= 15 is 0 Å². The minimum atomic E-state index is -0.913. The Morgan fingerprint density at radius 1 is 1.18 bits per heavy atom. The van der Waals surface area contributed by atoms with Crippen molar-refractivity contribution >= 4 is 35.0 Å². The Kier molecular flexibility index (Phi) is 7.63. The number of nitrogens with zero attached hydrogens (tertiary/aromatic N) is 5. The van der Waals surface area contributed by atoms with Crippen molar-refractivity contribution < 1.29 is 33.3 Å². The maximum Gasteiger partial charge on any atom is 0.407 e. The SMILES string of the molecule is CCOC(=O)N[C@@H]1C[C@H](n2cnc3c(N(C)C)ncnc32)O[C@H](COC(C)=O)[C@H]1OC(C)=O. The van der Waals surface area contributed by atoms with Crippen LogP contribution in [0.1, 0.15) is 33.4 Å². The summed E-state index contributed by atoms with van der Waals surface area (Å²) < 4.78 is 23.5. The van der Waals surface area contributed by atoms with Gasteiger partial charge in [-0.2, -0.15) is 0 Å². The van der Waals surface area contributed by atoms with E-state index in [1.807, 2.05) is 19.0 Å². The van der Waals surface area contributed by atoms with E-state index in [0.29, 0.717) is 17.0 Å². The van der Waals surface area contributed by atoms with Crippen molar-refractivity contribution in [2.75, 3.05) is 32.2 Å². The molecule has 1 saturated heterocycles. The van der Waals surface area contributed by atoms with Gasteiger partial charge >= 0.3 is 18.0 Å². The van der Waals surface area contributed by atoms with Gasteiger partial charge in [0.2, 0.25) is 0 Å². The van der Waals surface area contributed by atoms with Crippen molar-refractivity contribution in [3.8, 4) is 0 Å². The first-order valence-electron chi connectivity index (χ1n) is 10.4. The zero-order chi connectivity index (χ0) is 24.1. The number of hydrogen-bond acceptors (Lipinski definition) is 11. The average molecular weight is 464 g/mol. The lowest BCUT2D eigenvalue weighted by atomic mass is 9.97. The Labute approximate surface area is 190 Å². The summed E-state index contributed by atoms with van der Waals surface area (Å²) in [6.45, 7) is 4.18. The predicted octanol–water partition coefficient (Wildman–Crippen LogP) is 0.789. The molecule has 1 aliphatic heterocycles. The lowest BCUT2D eigenvalue weighted by Crippen LogP contribution is -2.57. The molecule has 180 valence electrons. The molecular weight excluding hydrogens is 436 g/mol. The zero-order valence-corrected chi connectivity index (χ0v) is 19.2. The molecule has 0 unspecified atom stereocenters. The number of ether oxygens (including phenoxy) is 4. The van der Waals surface area contributed by atoms with Crippen LogP contribution < -0.4 is 10.2 Å². The molecule has 13 nitrogen and oxygen atoms in total. The van der Waals surface area contributed by atoms with Gasteiger partial charge in [0.25, 0.3) is 0 Å². The molecule has 33 heavy (non-hydrogen) atoms. The van der Waals surface area contributed by atoms with Crippen molar-refractivity contribution in [1.82, 2.24) is 24.8 Å². The minimum Gasteiger partial charge on any atom is -0.463 e. The lowest BCUT2D eigenvalue weighted by molar-refractivity contribution is -0.198. The van der Waals surface area contributed by atoms with Crippen LogP contribution in [-0.4, -0.2) is 83.1 Å². The molecule has 0 bridgehead atoms. The van der Waals surface area contributed by atoms with Crippen molar-refractivity contribution in [3.63, 3.8) is 0 Å². The van der Waals surface area contributed by atoms with E-state index in [9.17, 15) is 14.4 Å². The van der Waals surface area contributed by atoms with Crippen LogP contribution >= 0.6 is 0 Å². The highest BCUT2D eigenvalue weighted by molar-refractivity contribution is 5.83. The minimum absolute atomic E-state index is 0.171. The molecule has 3 rings (SSSR count). The molecule has 2 aromatic rings. The fraction of sp³-hybridized carbons (Fsp3) is 0.600. The highest BCUT2D eigenvalue weighted by Gasteiger charge is 2.43. The van der Waals surface area contributed by atoms with E-state index in [-0.39, 0.29) is 19.6 Å². The van der Waals surface area contributed by atoms with Crippen molar-refractivity contribution in [1.29, 1.82) is 0 Å². The summed E-state index contributed by atoms with van der Waals surface area (Å²) in [7, 11) is 3.69. The number of fused-ring (bicyclic) bond motifs is 1. The lowest BCUT2D eigenvalue weighted by Gasteiger charge is -2.41. The number of nitrogens with one attached hydrogen (secondary N) is 1. The molecule has 4 atom stereocenters. The number of carbonyl (C=O) groups is 3. The first-order valence-corrected chi connectivity index (χ1v) is 10.4. The first-order chi connectivity index (χ1) is 15.7. The van der Waals surface area contributed by atoms with Gasteiger partial charge in [-0.15, -0.1) is 0 Å². The second kappa shape index (κ2) is 10.4. The van der Waals surface area contributed by atoms with Crippen LogP contribution in [0.2, 0.25) is 0 Å². The van der Waals surface area contributed by atoms with Gasteiger partial charge < -0.3 is 29.2 Å². The molecule has 1 aliphatic rings. The summed E-state index contributed by atoms with van der Waals surface area (Å²) in [6.07, 6.45) is 0.0808. The van der Waals surface area contributed by atoms with Gasteiger partial charge in [-0.3, -0.25) is 14.2 Å². The fourth-order valence-electron chi connectivity index (χ4n) is 3.65. The summed E-state index contributed by atoms with van der Waals surface area (Å²) in [6, 6.07) is -0.695. The third-order valence-electron chi connectivity index (χ3n) is 4.96. The Morgan fingerprint density at radius 2 is 1.94 bits per heavy atom. The fourth-order valence-corrected chi connectivity index (χ4v) is 3.65. The summed E-state index contributed by atoms with van der Waals surface area (Å²) in [5, 5.41) is 2.73. The van der Waals surface area contributed by atoms with Crippen molar-refractivity contribution in [2.45, 2.75) is 51.7 Å². The van der Waals surface area contributed by atoms with E-state index in [0.717, 1.165) is 0 Å². The van der Waals surface area contributed by atoms with Gasteiger partial charge in [0, 0.05) is 34.4 Å². The summed E-state index contributed by atoms with van der Waals surface area (Å²) >= 11 is 0. The average Bonchev–Trinajstić information content (AvgIpc) is 3.17. The van der Waals surface area contributed by atoms with Crippen LogP contribution in [0.4, 0.5) is 10.6 Å². The molecule has 0 spiro atoms. The van der Waals surface area contributed by atoms with E-state index in [1.54, 1.807) is 17.8 Å². The number of alkyl carbamates (subject to hydrolysis) is 1. The highest BCUT2D eigenvalue weighted by atomic mass is 16.6. The van der Waals surface area contributed by atoms with Crippen LogP contribution in [0, 0.1) is 0 Å². The maximum atomic E-state index is 12.2. The van der Waals surface area contributed by atoms with Gasteiger partial charge in [-0.1, -0.05) is 0 Å². The number of anilines is 1. The third-order valence-corrected chi connectivity index (χ3v) is 4.96. The van der Waals surface area contributed by atoms with Crippen LogP contribution in [-0.2, 0) is 28.5 Å². The van der Waals surface area contributed by atoms with Crippen LogP contribution in [0.3, 0.4) is 0 Å². The normalized spacial score (nSPS) is 22.5. The van der Waals surface area contributed by atoms with Crippen molar-refractivity contribution in [2.24, 2.45) is 0 Å². The van der Waals surface area contributed by atoms with E-state index in [2.05, 4.69) is 20.3 Å². The Balaban J connectivity index is 1.97. The molecule has 1 amide bonds.